The molecule has 0 spiro atoms. The topological polar surface area (TPSA) is 36.9 Å². The fourth-order valence-electron chi connectivity index (χ4n) is 3.53. The van der Waals surface area contributed by atoms with E-state index in [1.165, 1.54) is 11.1 Å². The molecule has 2 aromatic carbocycles. The summed E-state index contributed by atoms with van der Waals surface area (Å²) in [5.74, 6) is 0.997. The van der Waals surface area contributed by atoms with Crippen molar-refractivity contribution in [3.05, 3.63) is 54.1 Å². The third kappa shape index (κ3) is 6.96. The van der Waals surface area contributed by atoms with E-state index in [0.29, 0.717) is 26.4 Å². The summed E-state index contributed by atoms with van der Waals surface area (Å²) in [5.41, 5.74) is 3.60. The molecule has 0 heterocycles. The van der Waals surface area contributed by atoms with Crippen molar-refractivity contribution in [1.29, 1.82) is 0 Å². The van der Waals surface area contributed by atoms with Crippen molar-refractivity contribution in [2.75, 3.05) is 26.4 Å². The van der Waals surface area contributed by atoms with Crippen LogP contribution in [0.3, 0.4) is 0 Å². The van der Waals surface area contributed by atoms with Crippen LogP contribution in [0.1, 0.15) is 46.1 Å². The van der Waals surface area contributed by atoms with E-state index >= 15 is 0 Å². The quantitative estimate of drug-likeness (QED) is 0.274. The number of hydrogen-bond acceptors (Lipinski definition) is 4. The van der Waals surface area contributed by atoms with Crippen LogP contribution in [-0.2, 0) is 19.7 Å². The first-order valence-corrected chi connectivity index (χ1v) is 12.8. The lowest BCUT2D eigenvalue weighted by Gasteiger charge is -2.28. The third-order valence-corrected chi connectivity index (χ3v) is 7.82. The zero-order valence-electron chi connectivity index (χ0n) is 18.4. The maximum absolute atomic E-state index is 6.36. The van der Waals surface area contributed by atoms with Crippen LogP contribution in [0, 0.1) is 0 Å². The van der Waals surface area contributed by atoms with Crippen LogP contribution in [0.25, 0.3) is 11.1 Å². The first-order valence-electron chi connectivity index (χ1n) is 10.9. The smallest absolute Gasteiger partial charge is 0.493 e. The second-order valence-corrected chi connectivity index (χ2v) is 9.58. The highest BCUT2D eigenvalue weighted by Crippen LogP contribution is 2.34. The van der Waals surface area contributed by atoms with Gasteiger partial charge in [-0.25, -0.2) is 0 Å². The molecular formula is C24H36O4Si. The van der Waals surface area contributed by atoms with E-state index < -0.39 is 8.80 Å². The standard InChI is InChI=1S/C24H36O4Si/c1-5-14-22-17-12-18-23(21-15-10-9-11-16-21)24(22)25-19-13-20-29(26-6-2,27-7-3)28-8-4/h9-12,15-18H,5-8,13-14,19-20H2,1-4H3. The van der Waals surface area contributed by atoms with Gasteiger partial charge in [0.05, 0.1) is 6.61 Å². The van der Waals surface area contributed by atoms with Crippen LogP contribution in [0.5, 0.6) is 5.75 Å². The molecule has 0 unspecified atom stereocenters. The zero-order valence-corrected chi connectivity index (χ0v) is 19.4. The fraction of sp³-hybridized carbons (Fsp3) is 0.500. The van der Waals surface area contributed by atoms with Crippen LogP contribution >= 0.6 is 0 Å². The van der Waals surface area contributed by atoms with Gasteiger partial charge in [-0.15, -0.1) is 0 Å². The summed E-state index contributed by atoms with van der Waals surface area (Å²) in [4.78, 5) is 0. The summed E-state index contributed by atoms with van der Waals surface area (Å²) in [6.07, 6.45) is 2.93. The minimum Gasteiger partial charge on any atom is -0.493 e. The Morgan fingerprint density at radius 1 is 0.759 bits per heavy atom. The Labute approximate surface area is 177 Å². The molecule has 5 heteroatoms. The largest absolute Gasteiger partial charge is 0.501 e. The van der Waals surface area contributed by atoms with Gasteiger partial charge in [0.1, 0.15) is 5.75 Å². The highest BCUT2D eigenvalue weighted by Gasteiger charge is 2.39. The van der Waals surface area contributed by atoms with E-state index in [9.17, 15) is 0 Å². The molecule has 29 heavy (non-hydrogen) atoms. The number of aryl methyl sites for hydroxylation is 1. The summed E-state index contributed by atoms with van der Waals surface area (Å²) >= 11 is 0. The molecule has 0 aromatic heterocycles. The highest BCUT2D eigenvalue weighted by molar-refractivity contribution is 6.60. The number of para-hydroxylation sites is 1. The minimum atomic E-state index is -2.62. The number of ether oxygens (including phenoxy) is 1. The summed E-state index contributed by atoms with van der Waals surface area (Å²) in [5, 5.41) is 0. The Morgan fingerprint density at radius 2 is 1.41 bits per heavy atom. The van der Waals surface area contributed by atoms with E-state index in [1.54, 1.807) is 0 Å². The van der Waals surface area contributed by atoms with Crippen molar-refractivity contribution in [2.45, 2.75) is 53.0 Å². The van der Waals surface area contributed by atoms with Gasteiger partial charge < -0.3 is 18.0 Å². The molecule has 4 nitrogen and oxygen atoms in total. The molecule has 0 aliphatic rings. The molecule has 0 saturated heterocycles. The summed E-state index contributed by atoms with van der Waals surface area (Å²) in [6, 6.07) is 17.6. The highest BCUT2D eigenvalue weighted by atomic mass is 28.4. The molecule has 2 rings (SSSR count). The first kappa shape index (κ1) is 23.6. The molecular weight excluding hydrogens is 380 g/mol. The van der Waals surface area contributed by atoms with Gasteiger partial charge in [0.15, 0.2) is 0 Å². The molecule has 0 atom stereocenters. The van der Waals surface area contributed by atoms with Gasteiger partial charge in [-0.1, -0.05) is 61.9 Å². The summed E-state index contributed by atoms with van der Waals surface area (Å²) in [7, 11) is -2.62. The Bertz CT molecular complexity index is 688. The van der Waals surface area contributed by atoms with E-state index in [4.69, 9.17) is 18.0 Å². The summed E-state index contributed by atoms with van der Waals surface area (Å²) in [6.45, 7) is 10.6. The number of rotatable bonds is 14. The molecule has 0 aliphatic heterocycles. The van der Waals surface area contributed by atoms with Crippen molar-refractivity contribution < 1.29 is 18.0 Å². The van der Waals surface area contributed by atoms with Crippen LogP contribution in [0.4, 0.5) is 0 Å². The molecule has 0 fully saturated rings. The van der Waals surface area contributed by atoms with Crippen molar-refractivity contribution in [2.24, 2.45) is 0 Å². The van der Waals surface area contributed by atoms with E-state index in [1.807, 2.05) is 26.8 Å². The normalized spacial score (nSPS) is 11.6. The van der Waals surface area contributed by atoms with Crippen LogP contribution in [-0.4, -0.2) is 35.2 Å². The van der Waals surface area contributed by atoms with Gasteiger partial charge in [-0.2, -0.15) is 0 Å². The van der Waals surface area contributed by atoms with Gasteiger partial charge in [0, 0.05) is 31.4 Å². The SMILES string of the molecule is CCCc1cccc(-c2ccccc2)c1OCCC[Si](OCC)(OCC)OCC. The average molecular weight is 417 g/mol. The van der Waals surface area contributed by atoms with Crippen molar-refractivity contribution in [1.82, 2.24) is 0 Å². The van der Waals surface area contributed by atoms with E-state index in [0.717, 1.165) is 36.6 Å². The van der Waals surface area contributed by atoms with Gasteiger partial charge in [-0.3, -0.25) is 0 Å². The molecule has 0 radical (unpaired) electrons. The van der Waals surface area contributed by atoms with Crippen molar-refractivity contribution >= 4 is 8.80 Å². The van der Waals surface area contributed by atoms with Crippen LogP contribution in [0.15, 0.2) is 48.5 Å². The summed E-state index contributed by atoms with van der Waals surface area (Å²) < 4.78 is 24.2. The lowest BCUT2D eigenvalue weighted by Crippen LogP contribution is -2.46. The van der Waals surface area contributed by atoms with Crippen molar-refractivity contribution in [3.63, 3.8) is 0 Å². The Hall–Kier alpha value is -1.66. The van der Waals surface area contributed by atoms with Gasteiger partial charge in [-0.05, 0) is 44.7 Å². The second kappa shape index (κ2) is 12.8. The van der Waals surface area contributed by atoms with Gasteiger partial charge >= 0.3 is 8.80 Å². The molecule has 0 N–H and O–H groups in total. The number of hydrogen-bond donors (Lipinski definition) is 0. The molecule has 0 amide bonds. The zero-order chi connectivity index (χ0) is 21.0. The fourth-order valence-corrected chi connectivity index (χ4v) is 6.11. The van der Waals surface area contributed by atoms with Crippen molar-refractivity contribution in [3.8, 4) is 16.9 Å². The lowest BCUT2D eigenvalue weighted by molar-refractivity contribution is 0.0696. The Morgan fingerprint density at radius 3 is 2.00 bits per heavy atom. The first-order chi connectivity index (χ1) is 14.2. The van der Waals surface area contributed by atoms with E-state index in [-0.39, 0.29) is 0 Å². The Kier molecular flexibility index (Phi) is 10.4. The predicted molar refractivity (Wildman–Crippen MR) is 121 cm³/mol. The van der Waals surface area contributed by atoms with Crippen LogP contribution < -0.4 is 4.74 Å². The molecule has 160 valence electrons. The monoisotopic (exact) mass is 416 g/mol. The van der Waals surface area contributed by atoms with Crippen LogP contribution in [0.2, 0.25) is 6.04 Å². The molecule has 2 aromatic rings. The molecule has 0 saturated carbocycles. The molecule has 0 aliphatic carbocycles. The maximum Gasteiger partial charge on any atom is 0.501 e. The lowest BCUT2D eigenvalue weighted by atomic mass is 9.99. The van der Waals surface area contributed by atoms with Gasteiger partial charge in [0.25, 0.3) is 0 Å². The predicted octanol–water partition coefficient (Wildman–Crippen LogP) is 6.12. The van der Waals surface area contributed by atoms with Gasteiger partial charge in [0.2, 0.25) is 0 Å². The minimum absolute atomic E-state index is 0.602. The second-order valence-electron chi connectivity index (χ2n) is 6.84. The Balaban J connectivity index is 2.12. The third-order valence-electron chi connectivity index (χ3n) is 4.67. The van der Waals surface area contributed by atoms with E-state index in [2.05, 4.69) is 49.4 Å². The maximum atomic E-state index is 6.36. The average Bonchev–Trinajstić information content (AvgIpc) is 2.73. The number of benzene rings is 2. The molecule has 0 bridgehead atoms.